The van der Waals surface area contributed by atoms with Gasteiger partial charge in [0.05, 0.1) is 19.8 Å². The third-order valence-corrected chi connectivity index (χ3v) is 4.87. The maximum Gasteiger partial charge on any atom is 0.254 e. The van der Waals surface area contributed by atoms with Crippen LogP contribution in [0.15, 0.2) is 18.2 Å². The lowest BCUT2D eigenvalue weighted by atomic mass is 10.1. The van der Waals surface area contributed by atoms with Gasteiger partial charge in [0, 0.05) is 50.5 Å². The molecule has 0 unspecified atom stereocenters. The lowest BCUT2D eigenvalue weighted by molar-refractivity contribution is -0.136. The molecule has 152 valence electrons. The third-order valence-electron chi connectivity index (χ3n) is 4.87. The van der Waals surface area contributed by atoms with Gasteiger partial charge in [-0.2, -0.15) is 0 Å². The van der Waals surface area contributed by atoms with E-state index in [1.807, 2.05) is 22.8 Å². The van der Waals surface area contributed by atoms with Crippen molar-refractivity contribution in [3.8, 4) is 0 Å². The van der Waals surface area contributed by atoms with E-state index in [0.717, 1.165) is 5.56 Å². The van der Waals surface area contributed by atoms with E-state index < -0.39 is 0 Å². The molecule has 2 aliphatic rings. The Kier molecular flexibility index (Phi) is 9.32. The molecule has 2 saturated heterocycles. The van der Waals surface area contributed by atoms with E-state index >= 15 is 0 Å². The monoisotopic (exact) mass is 418 g/mol. The highest BCUT2D eigenvalue weighted by atomic mass is 35.5. The van der Waals surface area contributed by atoms with Gasteiger partial charge in [-0.05, 0) is 24.6 Å². The van der Waals surface area contributed by atoms with Crippen LogP contribution in [0.1, 0.15) is 15.9 Å². The second kappa shape index (κ2) is 10.7. The largest absolute Gasteiger partial charge is 0.399 e. The number of piperazine rings is 1. The molecule has 7 nitrogen and oxygen atoms in total. The Morgan fingerprint density at radius 2 is 1.63 bits per heavy atom. The van der Waals surface area contributed by atoms with Gasteiger partial charge in [0.2, 0.25) is 5.91 Å². The number of morpholine rings is 1. The average Bonchev–Trinajstić information content (AvgIpc) is 2.64. The summed E-state index contributed by atoms with van der Waals surface area (Å²) in [6.45, 7) is 7.60. The molecule has 3 rings (SSSR count). The van der Waals surface area contributed by atoms with E-state index in [9.17, 15) is 9.59 Å². The molecule has 2 fully saturated rings. The summed E-state index contributed by atoms with van der Waals surface area (Å²) in [5.41, 5.74) is 8.01. The molecule has 0 radical (unpaired) electrons. The third kappa shape index (κ3) is 5.97. The topological polar surface area (TPSA) is 79.1 Å². The number of hydrogen-bond acceptors (Lipinski definition) is 5. The summed E-state index contributed by atoms with van der Waals surface area (Å²) in [4.78, 5) is 30.9. The second-order valence-corrected chi connectivity index (χ2v) is 6.64. The first-order chi connectivity index (χ1) is 12.0. The SMILES string of the molecule is Cc1ccc(N)cc1C(=O)N1CCN(CC(=O)N2CCOCC2)CC1.Cl.Cl. The summed E-state index contributed by atoms with van der Waals surface area (Å²) in [7, 11) is 0. The van der Waals surface area contributed by atoms with Gasteiger partial charge < -0.3 is 20.3 Å². The standard InChI is InChI=1S/C18H26N4O3.2ClH/c1-14-2-3-15(19)12-16(14)18(24)22-6-4-20(5-7-22)13-17(23)21-8-10-25-11-9-21;;/h2-3,12H,4-11,13,19H2,1H3;2*1H. The Balaban J connectivity index is 0.00000182. The number of nitrogens with zero attached hydrogens (tertiary/aromatic N) is 3. The molecule has 9 heteroatoms. The van der Waals surface area contributed by atoms with Crippen molar-refractivity contribution in [1.82, 2.24) is 14.7 Å². The predicted octanol–water partition coefficient (Wildman–Crippen LogP) is 1.04. The van der Waals surface area contributed by atoms with E-state index in [1.54, 1.807) is 12.1 Å². The molecule has 2 amide bonds. The fourth-order valence-electron chi connectivity index (χ4n) is 3.25. The number of halogens is 2. The zero-order chi connectivity index (χ0) is 17.8. The van der Waals surface area contributed by atoms with Crippen molar-refractivity contribution in [2.45, 2.75) is 6.92 Å². The van der Waals surface area contributed by atoms with Crippen LogP contribution in [0.4, 0.5) is 5.69 Å². The average molecular weight is 419 g/mol. The first kappa shape index (κ1) is 23.5. The van der Waals surface area contributed by atoms with Crippen LogP contribution in [0.3, 0.4) is 0 Å². The number of anilines is 1. The van der Waals surface area contributed by atoms with Gasteiger partial charge in [-0.3, -0.25) is 14.5 Å². The fraction of sp³-hybridized carbons (Fsp3) is 0.556. The van der Waals surface area contributed by atoms with Crippen molar-refractivity contribution in [2.24, 2.45) is 0 Å². The minimum Gasteiger partial charge on any atom is -0.399 e. The zero-order valence-electron chi connectivity index (χ0n) is 15.6. The number of carbonyl (C=O) groups excluding carboxylic acids is 2. The smallest absolute Gasteiger partial charge is 0.254 e. The van der Waals surface area contributed by atoms with E-state index in [1.165, 1.54) is 0 Å². The van der Waals surface area contributed by atoms with Gasteiger partial charge in [-0.15, -0.1) is 24.8 Å². The number of ether oxygens (including phenoxy) is 1. The quantitative estimate of drug-likeness (QED) is 0.741. The number of nitrogen functional groups attached to an aromatic ring is 1. The summed E-state index contributed by atoms with van der Waals surface area (Å²) >= 11 is 0. The minimum absolute atomic E-state index is 0. The first-order valence-electron chi connectivity index (χ1n) is 8.78. The number of rotatable bonds is 3. The first-order valence-corrected chi connectivity index (χ1v) is 8.78. The molecule has 0 aromatic heterocycles. The van der Waals surface area contributed by atoms with Crippen LogP contribution >= 0.6 is 24.8 Å². The maximum atomic E-state index is 12.7. The highest BCUT2D eigenvalue weighted by Gasteiger charge is 2.26. The maximum absolute atomic E-state index is 12.7. The van der Waals surface area contributed by atoms with Crippen molar-refractivity contribution in [3.05, 3.63) is 29.3 Å². The molecular weight excluding hydrogens is 391 g/mol. The Morgan fingerprint density at radius 3 is 2.26 bits per heavy atom. The second-order valence-electron chi connectivity index (χ2n) is 6.64. The molecule has 1 aromatic rings. The summed E-state index contributed by atoms with van der Waals surface area (Å²) in [6.07, 6.45) is 0. The van der Waals surface area contributed by atoms with Gasteiger partial charge in [-0.25, -0.2) is 0 Å². The minimum atomic E-state index is 0. The molecule has 0 aliphatic carbocycles. The molecule has 1 aromatic carbocycles. The Morgan fingerprint density at radius 1 is 1.00 bits per heavy atom. The van der Waals surface area contributed by atoms with Crippen LogP contribution in [0.25, 0.3) is 0 Å². The number of benzene rings is 1. The van der Waals surface area contributed by atoms with Crippen LogP contribution < -0.4 is 5.73 Å². The molecule has 0 spiro atoms. The zero-order valence-corrected chi connectivity index (χ0v) is 17.2. The van der Waals surface area contributed by atoms with Crippen molar-refractivity contribution in [2.75, 3.05) is 64.8 Å². The highest BCUT2D eigenvalue weighted by molar-refractivity contribution is 5.96. The van der Waals surface area contributed by atoms with Crippen LogP contribution in [-0.2, 0) is 9.53 Å². The van der Waals surface area contributed by atoms with Crippen LogP contribution in [-0.4, -0.2) is 85.5 Å². The van der Waals surface area contributed by atoms with Gasteiger partial charge in [0.15, 0.2) is 0 Å². The summed E-state index contributed by atoms with van der Waals surface area (Å²) < 4.78 is 5.28. The number of carbonyl (C=O) groups is 2. The van der Waals surface area contributed by atoms with Crippen LogP contribution in [0.2, 0.25) is 0 Å². The Labute approximate surface area is 172 Å². The number of amides is 2. The van der Waals surface area contributed by atoms with Crippen molar-refractivity contribution < 1.29 is 14.3 Å². The summed E-state index contributed by atoms with van der Waals surface area (Å²) in [6, 6.07) is 5.42. The van der Waals surface area contributed by atoms with E-state index in [2.05, 4.69) is 4.90 Å². The van der Waals surface area contributed by atoms with E-state index in [0.29, 0.717) is 70.3 Å². The van der Waals surface area contributed by atoms with Crippen molar-refractivity contribution >= 4 is 42.3 Å². The molecular formula is C18H28Cl2N4O3. The molecule has 2 heterocycles. The molecule has 2 N–H and O–H groups in total. The lowest BCUT2D eigenvalue weighted by Gasteiger charge is -2.36. The van der Waals surface area contributed by atoms with E-state index in [4.69, 9.17) is 10.5 Å². The van der Waals surface area contributed by atoms with Gasteiger partial charge in [0.1, 0.15) is 0 Å². The number of hydrogen-bond donors (Lipinski definition) is 1. The number of nitrogens with two attached hydrogens (primary N) is 1. The Bertz CT molecular complexity index is 645. The molecule has 2 aliphatic heterocycles. The van der Waals surface area contributed by atoms with Crippen molar-refractivity contribution in [3.63, 3.8) is 0 Å². The van der Waals surface area contributed by atoms with Gasteiger partial charge in [-0.1, -0.05) is 6.07 Å². The summed E-state index contributed by atoms with van der Waals surface area (Å²) in [5.74, 6) is 0.165. The molecule has 0 saturated carbocycles. The summed E-state index contributed by atoms with van der Waals surface area (Å²) in [5, 5.41) is 0. The Hall–Kier alpha value is -1.54. The van der Waals surface area contributed by atoms with Crippen LogP contribution in [0.5, 0.6) is 0 Å². The van der Waals surface area contributed by atoms with Crippen molar-refractivity contribution in [1.29, 1.82) is 0 Å². The fourth-order valence-corrected chi connectivity index (χ4v) is 3.25. The molecule has 0 bridgehead atoms. The highest BCUT2D eigenvalue weighted by Crippen LogP contribution is 2.16. The molecule has 27 heavy (non-hydrogen) atoms. The predicted molar refractivity (Wildman–Crippen MR) is 110 cm³/mol. The van der Waals surface area contributed by atoms with E-state index in [-0.39, 0.29) is 36.6 Å². The number of aryl methyl sites for hydroxylation is 1. The van der Waals surface area contributed by atoms with Gasteiger partial charge in [0.25, 0.3) is 5.91 Å². The lowest BCUT2D eigenvalue weighted by Crippen LogP contribution is -2.52. The molecule has 0 atom stereocenters. The normalized spacial score (nSPS) is 17.7. The van der Waals surface area contributed by atoms with Crippen LogP contribution in [0, 0.1) is 6.92 Å². The van der Waals surface area contributed by atoms with Gasteiger partial charge >= 0.3 is 0 Å².